The summed E-state index contributed by atoms with van der Waals surface area (Å²) in [5.74, 6) is 0. The molecule has 2 nitrogen and oxygen atoms in total. The molecule has 1 unspecified atom stereocenters. The van der Waals surface area contributed by atoms with E-state index in [9.17, 15) is 0 Å². The van der Waals surface area contributed by atoms with Gasteiger partial charge in [-0.05, 0) is 37.5 Å². The van der Waals surface area contributed by atoms with Crippen LogP contribution in [-0.2, 0) is 4.74 Å². The molecule has 0 spiro atoms. The summed E-state index contributed by atoms with van der Waals surface area (Å²) >= 11 is 0. The number of nitriles is 1. The molecule has 0 radical (unpaired) electrons. The molecular formula is C11H19NO. The highest BCUT2D eigenvalue weighted by molar-refractivity contribution is 5.03. The molecule has 1 atom stereocenters. The van der Waals surface area contributed by atoms with E-state index in [4.69, 9.17) is 10.00 Å². The van der Waals surface area contributed by atoms with E-state index >= 15 is 0 Å². The average molecular weight is 181 g/mol. The van der Waals surface area contributed by atoms with Gasteiger partial charge in [0.2, 0.25) is 0 Å². The summed E-state index contributed by atoms with van der Waals surface area (Å²) in [6, 6.07) is 2.32. The molecule has 1 rings (SSSR count). The maximum atomic E-state index is 9.06. The van der Waals surface area contributed by atoms with Gasteiger partial charge >= 0.3 is 0 Å². The van der Waals surface area contributed by atoms with Crippen LogP contribution in [0.2, 0.25) is 0 Å². The Morgan fingerprint density at radius 2 is 1.85 bits per heavy atom. The molecule has 0 aromatic carbocycles. The van der Waals surface area contributed by atoms with Crippen LogP contribution in [0.4, 0.5) is 0 Å². The van der Waals surface area contributed by atoms with Crippen molar-refractivity contribution in [2.45, 2.75) is 51.6 Å². The van der Waals surface area contributed by atoms with Crippen LogP contribution >= 0.6 is 0 Å². The minimum absolute atomic E-state index is 0.386. The third-order valence-electron chi connectivity index (χ3n) is 3.23. The van der Waals surface area contributed by atoms with Gasteiger partial charge in [0, 0.05) is 7.11 Å². The molecular weight excluding hydrogens is 162 g/mol. The van der Waals surface area contributed by atoms with Crippen LogP contribution in [-0.4, -0.2) is 12.7 Å². The SMILES string of the molecule is COC1(C#N)CCCC(C)(C)CC1. The van der Waals surface area contributed by atoms with Gasteiger partial charge in [0.15, 0.2) is 5.60 Å². The lowest BCUT2D eigenvalue weighted by Crippen LogP contribution is -2.28. The number of nitrogens with zero attached hydrogens (tertiary/aromatic N) is 1. The quantitative estimate of drug-likeness (QED) is 0.583. The Balaban J connectivity index is 2.69. The van der Waals surface area contributed by atoms with E-state index in [0.29, 0.717) is 5.41 Å². The number of methoxy groups -OCH3 is 1. The summed E-state index contributed by atoms with van der Waals surface area (Å²) in [7, 11) is 1.65. The van der Waals surface area contributed by atoms with Gasteiger partial charge in [0.1, 0.15) is 0 Å². The Morgan fingerprint density at radius 3 is 2.38 bits per heavy atom. The molecule has 0 amide bonds. The van der Waals surface area contributed by atoms with Crippen LogP contribution in [0.15, 0.2) is 0 Å². The Morgan fingerprint density at radius 1 is 1.15 bits per heavy atom. The largest absolute Gasteiger partial charge is 0.363 e. The fraction of sp³-hybridized carbons (Fsp3) is 0.909. The lowest BCUT2D eigenvalue weighted by Gasteiger charge is -2.24. The highest BCUT2D eigenvalue weighted by Gasteiger charge is 2.35. The Labute approximate surface area is 80.9 Å². The van der Waals surface area contributed by atoms with Crippen molar-refractivity contribution >= 4 is 0 Å². The fourth-order valence-electron chi connectivity index (χ4n) is 2.00. The molecule has 0 N–H and O–H groups in total. The van der Waals surface area contributed by atoms with Crippen molar-refractivity contribution in [1.29, 1.82) is 5.26 Å². The maximum Gasteiger partial charge on any atom is 0.153 e. The summed E-state index contributed by atoms with van der Waals surface area (Å²) in [6.07, 6.45) is 5.18. The van der Waals surface area contributed by atoms with E-state index in [1.54, 1.807) is 7.11 Å². The van der Waals surface area contributed by atoms with E-state index in [1.807, 2.05) is 0 Å². The zero-order valence-electron chi connectivity index (χ0n) is 8.89. The van der Waals surface area contributed by atoms with Crippen molar-refractivity contribution in [3.8, 4) is 6.07 Å². The lowest BCUT2D eigenvalue weighted by molar-refractivity contribution is 0.0242. The summed E-state index contributed by atoms with van der Waals surface area (Å²) in [5.41, 5.74) is -0.106. The van der Waals surface area contributed by atoms with Crippen LogP contribution in [0.25, 0.3) is 0 Å². The summed E-state index contributed by atoms with van der Waals surface area (Å²) < 4.78 is 5.34. The van der Waals surface area contributed by atoms with Crippen LogP contribution in [0.3, 0.4) is 0 Å². The topological polar surface area (TPSA) is 33.0 Å². The van der Waals surface area contributed by atoms with Crippen LogP contribution in [0.1, 0.15) is 46.0 Å². The van der Waals surface area contributed by atoms with Gasteiger partial charge in [-0.3, -0.25) is 0 Å². The van der Waals surface area contributed by atoms with Crippen molar-refractivity contribution in [1.82, 2.24) is 0 Å². The summed E-state index contributed by atoms with van der Waals surface area (Å²) in [4.78, 5) is 0. The van der Waals surface area contributed by atoms with Crippen molar-refractivity contribution in [3.05, 3.63) is 0 Å². The smallest absolute Gasteiger partial charge is 0.153 e. The van der Waals surface area contributed by atoms with Gasteiger partial charge < -0.3 is 4.74 Å². The standard InChI is InChI=1S/C11H19NO/c1-10(2)5-4-6-11(9-12,13-3)8-7-10/h4-8H2,1-3H3. The molecule has 13 heavy (non-hydrogen) atoms. The van der Waals surface area contributed by atoms with E-state index < -0.39 is 5.60 Å². The van der Waals surface area contributed by atoms with E-state index in [-0.39, 0.29) is 0 Å². The molecule has 0 aromatic rings. The molecule has 1 saturated carbocycles. The second-order valence-electron chi connectivity index (χ2n) is 4.83. The number of ether oxygens (including phenoxy) is 1. The van der Waals surface area contributed by atoms with Gasteiger partial charge in [0.05, 0.1) is 6.07 Å². The first-order chi connectivity index (χ1) is 6.04. The van der Waals surface area contributed by atoms with Gasteiger partial charge in [-0.2, -0.15) is 5.26 Å². The minimum atomic E-state index is -0.492. The monoisotopic (exact) mass is 181 g/mol. The molecule has 0 heterocycles. The van der Waals surface area contributed by atoms with Crippen molar-refractivity contribution in [3.63, 3.8) is 0 Å². The molecule has 1 fully saturated rings. The number of hydrogen-bond donors (Lipinski definition) is 0. The summed E-state index contributed by atoms with van der Waals surface area (Å²) in [5, 5.41) is 9.06. The first-order valence-electron chi connectivity index (χ1n) is 5.00. The number of rotatable bonds is 1. The number of hydrogen-bond acceptors (Lipinski definition) is 2. The molecule has 1 aliphatic carbocycles. The zero-order chi connectivity index (χ0) is 9.95. The van der Waals surface area contributed by atoms with Gasteiger partial charge in [-0.1, -0.05) is 13.8 Å². The normalized spacial score (nSPS) is 33.4. The van der Waals surface area contributed by atoms with Crippen LogP contribution < -0.4 is 0 Å². The van der Waals surface area contributed by atoms with Crippen molar-refractivity contribution in [2.24, 2.45) is 5.41 Å². The van der Waals surface area contributed by atoms with Gasteiger partial charge in [0.25, 0.3) is 0 Å². The minimum Gasteiger partial charge on any atom is -0.363 e. The highest BCUT2D eigenvalue weighted by atomic mass is 16.5. The third kappa shape index (κ3) is 2.45. The molecule has 0 bridgehead atoms. The Bertz CT molecular complexity index is 217. The van der Waals surface area contributed by atoms with Crippen molar-refractivity contribution < 1.29 is 4.74 Å². The lowest BCUT2D eigenvalue weighted by atomic mass is 9.84. The van der Waals surface area contributed by atoms with E-state index in [1.165, 1.54) is 6.42 Å². The zero-order valence-corrected chi connectivity index (χ0v) is 8.89. The average Bonchev–Trinajstić information content (AvgIpc) is 2.25. The second-order valence-corrected chi connectivity index (χ2v) is 4.83. The van der Waals surface area contributed by atoms with E-state index in [0.717, 1.165) is 25.7 Å². The van der Waals surface area contributed by atoms with Crippen molar-refractivity contribution in [2.75, 3.05) is 7.11 Å². The Kier molecular flexibility index (Phi) is 2.98. The van der Waals surface area contributed by atoms with Gasteiger partial charge in [-0.15, -0.1) is 0 Å². The first-order valence-corrected chi connectivity index (χ1v) is 5.00. The Hall–Kier alpha value is -0.550. The predicted molar refractivity (Wildman–Crippen MR) is 52.2 cm³/mol. The molecule has 0 aliphatic heterocycles. The fourth-order valence-corrected chi connectivity index (χ4v) is 2.00. The molecule has 1 aliphatic rings. The molecule has 0 saturated heterocycles. The third-order valence-corrected chi connectivity index (χ3v) is 3.23. The predicted octanol–water partition coefficient (Wildman–Crippen LogP) is 2.89. The molecule has 0 aromatic heterocycles. The maximum absolute atomic E-state index is 9.06. The first kappa shape index (κ1) is 10.5. The molecule has 74 valence electrons. The van der Waals surface area contributed by atoms with Crippen LogP contribution in [0, 0.1) is 16.7 Å². The van der Waals surface area contributed by atoms with Crippen LogP contribution in [0.5, 0.6) is 0 Å². The second kappa shape index (κ2) is 3.67. The summed E-state index contributed by atoms with van der Waals surface area (Å²) in [6.45, 7) is 4.55. The van der Waals surface area contributed by atoms with E-state index in [2.05, 4.69) is 19.9 Å². The van der Waals surface area contributed by atoms with Gasteiger partial charge in [-0.25, -0.2) is 0 Å². The molecule has 2 heteroatoms. The highest BCUT2D eigenvalue weighted by Crippen LogP contribution is 2.39.